The summed E-state index contributed by atoms with van der Waals surface area (Å²) in [5, 5.41) is 14.5. The van der Waals surface area contributed by atoms with E-state index in [1.165, 1.54) is 32.1 Å². The molecule has 8 heteroatoms. The first-order valence-corrected chi connectivity index (χ1v) is 11.5. The number of nitrogens with one attached hydrogen (secondary N) is 3. The monoisotopic (exact) mass is 428 g/mol. The van der Waals surface area contributed by atoms with Gasteiger partial charge in [0.2, 0.25) is 11.9 Å². The molecule has 0 aliphatic heterocycles. The lowest BCUT2D eigenvalue weighted by molar-refractivity contribution is -0.137. The van der Waals surface area contributed by atoms with Crippen molar-refractivity contribution in [2.75, 3.05) is 18.5 Å². The molecule has 1 amide bonds. The fraction of sp³-hybridized carbons (Fsp3) is 0.652. The minimum absolute atomic E-state index is 0.0382. The SMILES string of the molecule is C[C@@H](CCCCCN=C(NC#N)Nc1ccncc1)C(=O)NOCCC1CCCCC1. The molecular formula is C23H36N6O2. The molecule has 170 valence electrons. The summed E-state index contributed by atoms with van der Waals surface area (Å²) in [5.41, 5.74) is 3.43. The Labute approximate surface area is 185 Å². The molecule has 1 heterocycles. The summed E-state index contributed by atoms with van der Waals surface area (Å²) in [6.45, 7) is 3.15. The van der Waals surface area contributed by atoms with Gasteiger partial charge in [-0.05, 0) is 37.3 Å². The summed E-state index contributed by atoms with van der Waals surface area (Å²) in [5.74, 6) is 1.08. The number of aromatic nitrogens is 1. The molecule has 0 bridgehead atoms. The van der Waals surface area contributed by atoms with E-state index in [4.69, 9.17) is 10.1 Å². The number of hydroxylamine groups is 1. The topological polar surface area (TPSA) is 111 Å². The molecule has 1 aliphatic carbocycles. The maximum Gasteiger partial charge on any atom is 0.246 e. The number of hydrogen-bond donors (Lipinski definition) is 3. The average Bonchev–Trinajstić information content (AvgIpc) is 2.80. The van der Waals surface area contributed by atoms with Crippen LogP contribution in [0.15, 0.2) is 29.5 Å². The van der Waals surface area contributed by atoms with E-state index >= 15 is 0 Å². The van der Waals surface area contributed by atoms with E-state index in [-0.39, 0.29) is 11.8 Å². The van der Waals surface area contributed by atoms with Crippen molar-refractivity contribution in [1.29, 1.82) is 5.26 Å². The standard InChI is InChI=1S/C23H36N6O2/c1-19(22(30)29-31-17-13-20-9-5-2-6-10-20)8-4-3-7-14-26-23(27-18-24)28-21-11-15-25-16-12-21/h11-12,15-16,19-20H,2-10,13-14,17H2,1H3,(H,29,30)(H2,25,26,27,28)/t19-/m0/s1. The third kappa shape index (κ3) is 10.8. The molecule has 0 spiro atoms. The summed E-state index contributed by atoms with van der Waals surface area (Å²) in [7, 11) is 0. The van der Waals surface area contributed by atoms with Gasteiger partial charge >= 0.3 is 0 Å². The lowest BCUT2D eigenvalue weighted by Gasteiger charge is -2.21. The lowest BCUT2D eigenvalue weighted by atomic mass is 9.87. The molecule has 1 aromatic rings. The van der Waals surface area contributed by atoms with E-state index in [2.05, 4.69) is 26.1 Å². The van der Waals surface area contributed by atoms with E-state index in [1.54, 1.807) is 24.5 Å². The van der Waals surface area contributed by atoms with Gasteiger partial charge in [0.25, 0.3) is 0 Å². The second-order valence-electron chi connectivity index (χ2n) is 8.19. The largest absolute Gasteiger partial charge is 0.325 e. The van der Waals surface area contributed by atoms with Gasteiger partial charge in [-0.3, -0.25) is 24.9 Å². The van der Waals surface area contributed by atoms with Crippen molar-refractivity contribution in [3.8, 4) is 6.19 Å². The second-order valence-corrected chi connectivity index (χ2v) is 8.19. The number of amides is 1. The molecule has 1 saturated carbocycles. The molecule has 0 saturated heterocycles. The van der Waals surface area contributed by atoms with Crippen molar-refractivity contribution >= 4 is 17.6 Å². The van der Waals surface area contributed by atoms with Crippen molar-refractivity contribution in [2.24, 2.45) is 16.8 Å². The minimum atomic E-state index is -0.0673. The van der Waals surface area contributed by atoms with Crippen LogP contribution in [0.5, 0.6) is 0 Å². The van der Waals surface area contributed by atoms with Crippen molar-refractivity contribution in [3.63, 3.8) is 0 Å². The first kappa shape index (κ1) is 24.6. The van der Waals surface area contributed by atoms with Gasteiger partial charge < -0.3 is 5.32 Å². The van der Waals surface area contributed by atoms with Crippen LogP contribution in [-0.4, -0.2) is 30.0 Å². The summed E-state index contributed by atoms with van der Waals surface area (Å²) in [4.78, 5) is 25.9. The Morgan fingerprint density at radius 3 is 2.77 bits per heavy atom. The van der Waals surface area contributed by atoms with Crippen LogP contribution < -0.4 is 16.1 Å². The molecule has 2 rings (SSSR count). The molecule has 1 atom stereocenters. The molecular weight excluding hydrogens is 392 g/mol. The second kappa shape index (κ2) is 15.2. The molecule has 8 nitrogen and oxygen atoms in total. The Morgan fingerprint density at radius 1 is 1.26 bits per heavy atom. The van der Waals surface area contributed by atoms with Gasteiger partial charge in [-0.1, -0.05) is 51.9 Å². The van der Waals surface area contributed by atoms with E-state index in [1.807, 2.05) is 13.1 Å². The van der Waals surface area contributed by atoms with E-state index in [0.717, 1.165) is 43.7 Å². The number of carbonyl (C=O) groups is 1. The number of nitriles is 1. The third-order valence-electron chi connectivity index (χ3n) is 5.66. The molecule has 1 aromatic heterocycles. The number of anilines is 1. The molecule has 31 heavy (non-hydrogen) atoms. The van der Waals surface area contributed by atoms with Crippen molar-refractivity contribution in [3.05, 3.63) is 24.5 Å². The summed E-state index contributed by atoms with van der Waals surface area (Å²) in [6, 6.07) is 3.61. The Kier molecular flexibility index (Phi) is 12.1. The van der Waals surface area contributed by atoms with Crippen LogP contribution in [0.3, 0.4) is 0 Å². The molecule has 3 N–H and O–H groups in total. The number of hydrogen-bond acceptors (Lipinski definition) is 5. The van der Waals surface area contributed by atoms with Crippen LogP contribution in [0.25, 0.3) is 0 Å². The Bertz CT molecular complexity index is 698. The van der Waals surface area contributed by atoms with Crippen molar-refractivity contribution in [2.45, 2.75) is 71.1 Å². The maximum atomic E-state index is 12.1. The summed E-state index contributed by atoms with van der Waals surface area (Å²) in [6.07, 6.45) is 16.5. The number of aliphatic imine (C=N–C) groups is 1. The first-order chi connectivity index (χ1) is 15.2. The zero-order valence-corrected chi connectivity index (χ0v) is 18.6. The number of rotatable bonds is 12. The first-order valence-electron chi connectivity index (χ1n) is 11.5. The van der Waals surface area contributed by atoms with Gasteiger partial charge in [-0.15, -0.1) is 0 Å². The van der Waals surface area contributed by atoms with Crippen LogP contribution in [0.1, 0.15) is 71.1 Å². The highest BCUT2D eigenvalue weighted by molar-refractivity contribution is 5.94. The van der Waals surface area contributed by atoms with Gasteiger partial charge in [-0.2, -0.15) is 5.26 Å². The van der Waals surface area contributed by atoms with Crippen LogP contribution in [0.2, 0.25) is 0 Å². The molecule has 0 aromatic carbocycles. The smallest absolute Gasteiger partial charge is 0.246 e. The minimum Gasteiger partial charge on any atom is -0.325 e. The summed E-state index contributed by atoms with van der Waals surface area (Å²) >= 11 is 0. The number of carbonyl (C=O) groups excluding carboxylic acids is 1. The molecule has 1 fully saturated rings. The maximum absolute atomic E-state index is 12.1. The molecule has 0 unspecified atom stereocenters. The predicted molar refractivity (Wildman–Crippen MR) is 122 cm³/mol. The van der Waals surface area contributed by atoms with E-state index in [9.17, 15) is 4.79 Å². The lowest BCUT2D eigenvalue weighted by Crippen LogP contribution is -2.30. The van der Waals surface area contributed by atoms with Crippen molar-refractivity contribution < 1.29 is 9.63 Å². The normalized spacial score (nSPS) is 15.7. The van der Waals surface area contributed by atoms with Crippen LogP contribution in [-0.2, 0) is 9.63 Å². The highest BCUT2D eigenvalue weighted by Crippen LogP contribution is 2.25. The highest BCUT2D eigenvalue weighted by atomic mass is 16.6. The molecule has 0 radical (unpaired) electrons. The Balaban J connectivity index is 1.53. The number of pyridine rings is 1. The fourth-order valence-corrected chi connectivity index (χ4v) is 3.72. The van der Waals surface area contributed by atoms with E-state index < -0.39 is 0 Å². The number of guanidine groups is 1. The van der Waals surface area contributed by atoms with Gasteiger partial charge in [0.15, 0.2) is 6.19 Å². The van der Waals surface area contributed by atoms with Crippen LogP contribution in [0, 0.1) is 23.3 Å². The highest BCUT2D eigenvalue weighted by Gasteiger charge is 2.15. The van der Waals surface area contributed by atoms with Gasteiger partial charge in [0.05, 0.1) is 6.61 Å². The fourth-order valence-electron chi connectivity index (χ4n) is 3.72. The van der Waals surface area contributed by atoms with E-state index in [0.29, 0.717) is 19.1 Å². The average molecular weight is 429 g/mol. The quantitative estimate of drug-likeness (QED) is 0.115. The number of nitrogens with zero attached hydrogens (tertiary/aromatic N) is 3. The summed E-state index contributed by atoms with van der Waals surface area (Å²) < 4.78 is 0. The predicted octanol–water partition coefficient (Wildman–Crippen LogP) is 4.13. The molecule has 1 aliphatic rings. The zero-order valence-electron chi connectivity index (χ0n) is 18.6. The van der Waals surface area contributed by atoms with Crippen LogP contribution in [0.4, 0.5) is 5.69 Å². The zero-order chi connectivity index (χ0) is 22.2. The van der Waals surface area contributed by atoms with Crippen LogP contribution >= 0.6 is 0 Å². The number of unbranched alkanes of at least 4 members (excludes halogenated alkanes) is 2. The van der Waals surface area contributed by atoms with Gasteiger partial charge in [0.1, 0.15) is 0 Å². The van der Waals surface area contributed by atoms with Gasteiger partial charge in [-0.25, -0.2) is 5.48 Å². The Hall–Kier alpha value is -2.66. The third-order valence-corrected chi connectivity index (χ3v) is 5.66. The van der Waals surface area contributed by atoms with Crippen molar-refractivity contribution in [1.82, 2.24) is 15.8 Å². The Morgan fingerprint density at radius 2 is 2.03 bits per heavy atom. The van der Waals surface area contributed by atoms with Gasteiger partial charge in [0, 0.05) is 30.5 Å².